The van der Waals surface area contributed by atoms with Gasteiger partial charge in [-0.15, -0.1) is 0 Å². The van der Waals surface area contributed by atoms with Crippen LogP contribution in [0, 0.1) is 5.82 Å². The van der Waals surface area contributed by atoms with Gasteiger partial charge in [-0.1, -0.05) is 30.3 Å². The highest BCUT2D eigenvalue weighted by atomic mass is 32.2. The van der Waals surface area contributed by atoms with Gasteiger partial charge in [-0.3, -0.25) is 0 Å². The van der Waals surface area contributed by atoms with Gasteiger partial charge < -0.3 is 4.74 Å². The predicted molar refractivity (Wildman–Crippen MR) is 86.1 cm³/mol. The molecule has 0 fully saturated rings. The molecule has 122 valence electrons. The van der Waals surface area contributed by atoms with Crippen molar-refractivity contribution < 1.29 is 17.5 Å². The van der Waals surface area contributed by atoms with E-state index in [9.17, 15) is 12.8 Å². The topological polar surface area (TPSA) is 46.6 Å². The molecular weight excluding hydrogens is 317 g/mol. The molecule has 2 aromatic rings. The normalized spacial score (nSPS) is 17.6. The fourth-order valence-electron chi connectivity index (χ4n) is 2.79. The van der Waals surface area contributed by atoms with Crippen molar-refractivity contribution in [3.8, 4) is 5.75 Å². The molecule has 23 heavy (non-hydrogen) atoms. The Balaban J connectivity index is 1.84. The average Bonchev–Trinajstić information content (AvgIpc) is 2.55. The van der Waals surface area contributed by atoms with Crippen LogP contribution in [0.25, 0.3) is 0 Å². The third-order valence-electron chi connectivity index (χ3n) is 4.07. The lowest BCUT2D eigenvalue weighted by Gasteiger charge is -2.32. The minimum Gasteiger partial charge on any atom is -0.493 e. The zero-order valence-electron chi connectivity index (χ0n) is 12.8. The lowest BCUT2D eigenvalue weighted by Crippen LogP contribution is -2.35. The largest absolute Gasteiger partial charge is 0.493 e. The molecule has 0 saturated heterocycles. The summed E-state index contributed by atoms with van der Waals surface area (Å²) in [7, 11) is -1.92. The van der Waals surface area contributed by atoms with Gasteiger partial charge in [-0.25, -0.2) is 12.8 Å². The van der Waals surface area contributed by atoms with E-state index in [-0.39, 0.29) is 17.6 Å². The van der Waals surface area contributed by atoms with Crippen LogP contribution in [0.3, 0.4) is 0 Å². The second-order valence-corrected chi connectivity index (χ2v) is 7.62. The summed E-state index contributed by atoms with van der Waals surface area (Å²) in [4.78, 5) is 0. The van der Waals surface area contributed by atoms with Gasteiger partial charge in [0.2, 0.25) is 10.0 Å². The summed E-state index contributed by atoms with van der Waals surface area (Å²) in [5, 5.41) is 0. The van der Waals surface area contributed by atoms with Crippen LogP contribution < -0.4 is 4.74 Å². The van der Waals surface area contributed by atoms with Crippen molar-refractivity contribution in [2.75, 3.05) is 13.7 Å². The number of nitrogens with zero attached hydrogens (tertiary/aromatic N) is 1. The van der Waals surface area contributed by atoms with E-state index in [1.54, 1.807) is 7.05 Å². The summed E-state index contributed by atoms with van der Waals surface area (Å²) >= 11 is 0. The smallest absolute Gasteiger partial charge is 0.218 e. The highest BCUT2D eigenvalue weighted by molar-refractivity contribution is 7.88. The van der Waals surface area contributed by atoms with E-state index >= 15 is 0 Å². The van der Waals surface area contributed by atoms with Gasteiger partial charge in [0.05, 0.1) is 18.4 Å². The van der Waals surface area contributed by atoms with Crippen LogP contribution in [-0.2, 0) is 15.8 Å². The summed E-state index contributed by atoms with van der Waals surface area (Å²) in [6.45, 7) is 0.484. The molecule has 1 heterocycles. The fourth-order valence-corrected chi connectivity index (χ4v) is 4.21. The summed E-state index contributed by atoms with van der Waals surface area (Å²) in [5.41, 5.74) is 1.45. The van der Waals surface area contributed by atoms with Crippen molar-refractivity contribution in [2.45, 2.75) is 18.2 Å². The zero-order chi connectivity index (χ0) is 16.4. The van der Waals surface area contributed by atoms with Crippen molar-refractivity contribution in [1.29, 1.82) is 0 Å². The molecule has 0 aliphatic carbocycles. The van der Waals surface area contributed by atoms with Gasteiger partial charge in [0, 0.05) is 19.0 Å². The van der Waals surface area contributed by atoms with E-state index in [2.05, 4.69) is 0 Å². The second-order valence-electron chi connectivity index (χ2n) is 5.59. The minimum absolute atomic E-state index is 0.149. The Morgan fingerprint density at radius 1 is 1.17 bits per heavy atom. The molecule has 1 atom stereocenters. The zero-order valence-corrected chi connectivity index (χ0v) is 13.6. The number of para-hydroxylation sites is 1. The Labute approximate surface area is 135 Å². The summed E-state index contributed by atoms with van der Waals surface area (Å²) in [6, 6.07) is 12.8. The highest BCUT2D eigenvalue weighted by Crippen LogP contribution is 2.36. The van der Waals surface area contributed by atoms with E-state index in [4.69, 9.17) is 4.74 Å². The molecule has 1 aliphatic heterocycles. The second kappa shape index (κ2) is 6.29. The van der Waals surface area contributed by atoms with Crippen LogP contribution in [0.15, 0.2) is 48.5 Å². The maximum absolute atomic E-state index is 13.0. The Morgan fingerprint density at radius 3 is 2.61 bits per heavy atom. The Bertz CT molecular complexity index is 790. The highest BCUT2D eigenvalue weighted by Gasteiger charge is 2.31. The first-order valence-electron chi connectivity index (χ1n) is 7.39. The third kappa shape index (κ3) is 3.38. The molecule has 0 amide bonds. The molecular formula is C17H18FNO3S. The lowest BCUT2D eigenvalue weighted by molar-refractivity contribution is 0.220. The number of ether oxygens (including phenoxy) is 1. The van der Waals surface area contributed by atoms with E-state index in [0.29, 0.717) is 18.6 Å². The van der Waals surface area contributed by atoms with Crippen molar-refractivity contribution in [3.63, 3.8) is 0 Å². The van der Waals surface area contributed by atoms with Gasteiger partial charge in [0.1, 0.15) is 11.6 Å². The monoisotopic (exact) mass is 335 g/mol. The molecule has 0 saturated carbocycles. The van der Waals surface area contributed by atoms with Crippen LogP contribution in [0.5, 0.6) is 5.75 Å². The molecule has 1 aliphatic rings. The summed E-state index contributed by atoms with van der Waals surface area (Å²) in [5.74, 6) is 0.203. The van der Waals surface area contributed by atoms with Gasteiger partial charge in [0.25, 0.3) is 0 Å². The van der Waals surface area contributed by atoms with Gasteiger partial charge >= 0.3 is 0 Å². The fraction of sp³-hybridized carbons (Fsp3) is 0.294. The Morgan fingerprint density at radius 2 is 1.87 bits per heavy atom. The molecule has 1 unspecified atom stereocenters. The van der Waals surface area contributed by atoms with Crippen LogP contribution in [0.2, 0.25) is 0 Å². The number of rotatable bonds is 4. The van der Waals surface area contributed by atoms with Crippen molar-refractivity contribution >= 4 is 10.0 Å². The number of hydrogen-bond acceptors (Lipinski definition) is 3. The molecule has 2 aromatic carbocycles. The van der Waals surface area contributed by atoms with E-state index in [1.807, 2.05) is 24.3 Å². The van der Waals surface area contributed by atoms with Gasteiger partial charge in [0.15, 0.2) is 0 Å². The van der Waals surface area contributed by atoms with Crippen molar-refractivity contribution in [2.24, 2.45) is 0 Å². The van der Waals surface area contributed by atoms with Gasteiger partial charge in [-0.2, -0.15) is 4.31 Å². The maximum atomic E-state index is 13.0. The summed E-state index contributed by atoms with van der Waals surface area (Å²) in [6.07, 6.45) is 0.607. The number of fused-ring (bicyclic) bond motifs is 1. The first-order valence-corrected chi connectivity index (χ1v) is 9.00. The molecule has 4 nitrogen and oxygen atoms in total. The first kappa shape index (κ1) is 16.0. The van der Waals surface area contributed by atoms with E-state index < -0.39 is 10.0 Å². The Kier molecular flexibility index (Phi) is 4.37. The first-order chi connectivity index (χ1) is 11.0. The quantitative estimate of drug-likeness (QED) is 0.862. The number of halogens is 1. The lowest BCUT2D eigenvalue weighted by atomic mass is 10.0. The summed E-state index contributed by atoms with van der Waals surface area (Å²) < 4.78 is 45.3. The van der Waals surface area contributed by atoms with Gasteiger partial charge in [-0.05, 0) is 23.8 Å². The molecule has 0 aromatic heterocycles. The molecule has 6 heteroatoms. The van der Waals surface area contributed by atoms with Crippen molar-refractivity contribution in [1.82, 2.24) is 4.31 Å². The number of sulfonamides is 1. The Hall–Kier alpha value is -1.92. The van der Waals surface area contributed by atoms with E-state index in [0.717, 1.165) is 11.3 Å². The molecule has 0 spiro atoms. The van der Waals surface area contributed by atoms with Crippen LogP contribution in [0.1, 0.15) is 23.6 Å². The SMILES string of the molecule is CN(C1CCOc2ccccc21)S(=O)(=O)Cc1ccc(F)cc1. The molecule has 3 rings (SSSR count). The van der Waals surface area contributed by atoms with Crippen LogP contribution >= 0.6 is 0 Å². The van der Waals surface area contributed by atoms with Crippen LogP contribution in [-0.4, -0.2) is 26.4 Å². The molecule has 0 bridgehead atoms. The average molecular weight is 335 g/mol. The standard InChI is InChI=1S/C17H18FNO3S/c1-19(16-10-11-22-17-5-3-2-4-15(16)17)23(20,21)12-13-6-8-14(18)9-7-13/h2-9,16H,10-12H2,1H3. The maximum Gasteiger partial charge on any atom is 0.218 e. The third-order valence-corrected chi connectivity index (χ3v) is 5.90. The molecule has 0 N–H and O–H groups in total. The predicted octanol–water partition coefficient (Wildman–Crippen LogP) is 3.11. The van der Waals surface area contributed by atoms with Crippen LogP contribution in [0.4, 0.5) is 4.39 Å². The number of benzene rings is 2. The van der Waals surface area contributed by atoms with E-state index in [1.165, 1.54) is 28.6 Å². The number of hydrogen-bond donors (Lipinski definition) is 0. The van der Waals surface area contributed by atoms with Crippen molar-refractivity contribution in [3.05, 3.63) is 65.5 Å². The molecule has 0 radical (unpaired) electrons. The minimum atomic E-state index is -3.51.